The fourth-order valence-corrected chi connectivity index (χ4v) is 4.87. The fraction of sp³-hybridized carbons (Fsp3) is 0.500. The van der Waals surface area contributed by atoms with Crippen LogP contribution in [0.5, 0.6) is 0 Å². The highest BCUT2D eigenvalue weighted by Gasteiger charge is 2.33. The Morgan fingerprint density at radius 3 is 2.76 bits per heavy atom. The molecule has 7 heteroatoms. The van der Waals surface area contributed by atoms with E-state index in [1.807, 2.05) is 6.92 Å². The Kier molecular flexibility index (Phi) is 5.06. The zero-order valence-corrected chi connectivity index (χ0v) is 14.2. The van der Waals surface area contributed by atoms with Crippen LogP contribution in [0.25, 0.3) is 0 Å². The van der Waals surface area contributed by atoms with E-state index < -0.39 is 16.0 Å². The molecule has 0 radical (unpaired) electrons. The number of rotatable bonds is 4. The third-order valence-corrected chi connectivity index (χ3v) is 6.46. The minimum atomic E-state index is -3.65. The van der Waals surface area contributed by atoms with Crippen molar-refractivity contribution in [2.24, 2.45) is 0 Å². The molecule has 1 N–H and O–H groups in total. The van der Waals surface area contributed by atoms with Crippen molar-refractivity contribution >= 4 is 31.9 Å². The van der Waals surface area contributed by atoms with E-state index in [4.69, 9.17) is 5.11 Å². The molecule has 1 fully saturated rings. The molecule has 1 aliphatic rings. The Hall–Kier alpha value is -0.920. The van der Waals surface area contributed by atoms with Gasteiger partial charge in [0.25, 0.3) is 0 Å². The number of nitrogens with zero attached hydrogens (tertiary/aromatic N) is 1. The van der Waals surface area contributed by atoms with Crippen LogP contribution in [0.2, 0.25) is 0 Å². The second-order valence-corrected chi connectivity index (χ2v) is 7.87. The zero-order valence-electron chi connectivity index (χ0n) is 11.8. The number of hydrogen-bond acceptors (Lipinski definition) is 3. The number of carboxylic acids is 1. The molecule has 2 rings (SSSR count). The topological polar surface area (TPSA) is 74.7 Å². The van der Waals surface area contributed by atoms with Gasteiger partial charge >= 0.3 is 5.97 Å². The first kappa shape index (κ1) is 16.5. The summed E-state index contributed by atoms with van der Waals surface area (Å²) in [5, 5.41) is 9.13. The van der Waals surface area contributed by atoms with Crippen LogP contribution in [-0.4, -0.2) is 36.4 Å². The zero-order chi connectivity index (χ0) is 15.6. The van der Waals surface area contributed by atoms with E-state index in [1.165, 1.54) is 22.5 Å². The van der Waals surface area contributed by atoms with Crippen LogP contribution in [0.4, 0.5) is 0 Å². The molecule has 0 saturated carbocycles. The predicted octanol–water partition coefficient (Wildman–Crippen LogP) is 3.10. The lowest BCUT2D eigenvalue weighted by molar-refractivity contribution is 0.0695. The second-order valence-electron chi connectivity index (χ2n) is 5.12. The summed E-state index contributed by atoms with van der Waals surface area (Å²) in [7, 11) is -3.65. The van der Waals surface area contributed by atoms with Crippen molar-refractivity contribution in [2.45, 2.75) is 43.5 Å². The molecule has 116 valence electrons. The van der Waals surface area contributed by atoms with Crippen molar-refractivity contribution < 1.29 is 18.3 Å². The fourth-order valence-electron chi connectivity index (χ4n) is 2.66. The Bertz CT molecular complexity index is 644. The van der Waals surface area contributed by atoms with E-state index in [0.29, 0.717) is 11.0 Å². The third-order valence-electron chi connectivity index (χ3n) is 3.82. The molecular weight excluding hydrogens is 358 g/mol. The molecule has 0 bridgehead atoms. The third kappa shape index (κ3) is 3.30. The lowest BCUT2D eigenvalue weighted by Gasteiger charge is -2.34. The lowest BCUT2D eigenvalue weighted by Crippen LogP contribution is -2.43. The monoisotopic (exact) mass is 375 g/mol. The number of carboxylic acid groups (broad SMARTS) is 1. The molecule has 1 aromatic carbocycles. The molecule has 0 amide bonds. The summed E-state index contributed by atoms with van der Waals surface area (Å²) in [5.74, 6) is -1.15. The highest BCUT2D eigenvalue weighted by molar-refractivity contribution is 9.10. The van der Waals surface area contributed by atoms with Gasteiger partial charge in [-0.15, -0.1) is 0 Å². The van der Waals surface area contributed by atoms with Crippen molar-refractivity contribution in [1.29, 1.82) is 0 Å². The van der Waals surface area contributed by atoms with Gasteiger partial charge in [0.15, 0.2) is 0 Å². The molecule has 1 aliphatic heterocycles. The second kappa shape index (κ2) is 6.46. The van der Waals surface area contributed by atoms with Crippen molar-refractivity contribution in [1.82, 2.24) is 4.31 Å². The average molecular weight is 376 g/mol. The molecule has 1 unspecified atom stereocenters. The number of hydrogen-bond donors (Lipinski definition) is 1. The Labute approximate surface area is 133 Å². The number of carbonyl (C=O) groups is 1. The molecule has 1 aromatic rings. The number of piperidine rings is 1. The number of sulfonamides is 1. The highest BCUT2D eigenvalue weighted by Crippen LogP contribution is 2.29. The largest absolute Gasteiger partial charge is 0.478 e. The van der Waals surface area contributed by atoms with Crippen molar-refractivity contribution in [3.63, 3.8) is 0 Å². The molecule has 0 aromatic heterocycles. The van der Waals surface area contributed by atoms with Crippen LogP contribution in [0.15, 0.2) is 27.6 Å². The molecule has 5 nitrogen and oxygen atoms in total. The molecule has 1 heterocycles. The first-order valence-electron chi connectivity index (χ1n) is 6.92. The highest BCUT2D eigenvalue weighted by atomic mass is 79.9. The summed E-state index contributed by atoms with van der Waals surface area (Å²) in [6.45, 7) is 2.47. The van der Waals surface area contributed by atoms with Crippen LogP contribution < -0.4 is 0 Å². The van der Waals surface area contributed by atoms with Gasteiger partial charge in [-0.05, 0) is 53.4 Å². The molecule has 1 saturated heterocycles. The van der Waals surface area contributed by atoms with Gasteiger partial charge in [-0.1, -0.05) is 13.3 Å². The maximum absolute atomic E-state index is 12.8. The summed E-state index contributed by atoms with van der Waals surface area (Å²) >= 11 is 3.13. The Morgan fingerprint density at radius 2 is 2.14 bits per heavy atom. The van der Waals surface area contributed by atoms with Crippen LogP contribution >= 0.6 is 15.9 Å². The molecular formula is C14H18BrNO4S. The van der Waals surface area contributed by atoms with Crippen LogP contribution in [0.3, 0.4) is 0 Å². The van der Waals surface area contributed by atoms with Gasteiger partial charge in [0.2, 0.25) is 10.0 Å². The van der Waals surface area contributed by atoms with E-state index in [0.717, 1.165) is 25.7 Å². The smallest absolute Gasteiger partial charge is 0.336 e. The van der Waals surface area contributed by atoms with E-state index in [2.05, 4.69) is 15.9 Å². The van der Waals surface area contributed by atoms with Crippen molar-refractivity contribution in [2.75, 3.05) is 6.54 Å². The van der Waals surface area contributed by atoms with Crippen LogP contribution in [0.1, 0.15) is 43.0 Å². The van der Waals surface area contributed by atoms with Crippen molar-refractivity contribution in [3.8, 4) is 0 Å². The first-order chi connectivity index (χ1) is 9.87. The van der Waals surface area contributed by atoms with Crippen LogP contribution in [-0.2, 0) is 10.0 Å². The van der Waals surface area contributed by atoms with Gasteiger partial charge in [0.1, 0.15) is 0 Å². The lowest BCUT2D eigenvalue weighted by atomic mass is 10.0. The normalized spacial score (nSPS) is 20.4. The molecule has 21 heavy (non-hydrogen) atoms. The van der Waals surface area contributed by atoms with E-state index in [1.54, 1.807) is 0 Å². The van der Waals surface area contributed by atoms with Crippen molar-refractivity contribution in [3.05, 3.63) is 28.2 Å². The van der Waals surface area contributed by atoms with Crippen LogP contribution in [0, 0.1) is 0 Å². The van der Waals surface area contributed by atoms with E-state index in [9.17, 15) is 13.2 Å². The predicted molar refractivity (Wildman–Crippen MR) is 82.9 cm³/mol. The summed E-state index contributed by atoms with van der Waals surface area (Å²) < 4.78 is 27.4. The maximum atomic E-state index is 12.8. The Morgan fingerprint density at radius 1 is 1.43 bits per heavy atom. The molecule has 1 atom stereocenters. The van der Waals surface area contributed by atoms with Gasteiger partial charge < -0.3 is 5.11 Å². The minimum absolute atomic E-state index is 0.000625. The maximum Gasteiger partial charge on any atom is 0.336 e. The molecule has 0 aliphatic carbocycles. The van der Waals surface area contributed by atoms with Gasteiger partial charge in [-0.3, -0.25) is 0 Å². The summed E-state index contributed by atoms with van der Waals surface area (Å²) in [6.07, 6.45) is 3.50. The van der Waals surface area contributed by atoms with Gasteiger partial charge in [0, 0.05) is 17.1 Å². The van der Waals surface area contributed by atoms with Gasteiger partial charge in [-0.25, -0.2) is 13.2 Å². The molecule has 0 spiro atoms. The van der Waals surface area contributed by atoms with E-state index in [-0.39, 0.29) is 16.5 Å². The average Bonchev–Trinajstić information content (AvgIpc) is 2.47. The number of halogens is 1. The van der Waals surface area contributed by atoms with Gasteiger partial charge in [-0.2, -0.15) is 4.31 Å². The SMILES string of the molecule is CCC1CCCCN1S(=O)(=O)c1ccc(Br)c(C(=O)O)c1. The van der Waals surface area contributed by atoms with Gasteiger partial charge in [0.05, 0.1) is 10.5 Å². The quantitative estimate of drug-likeness (QED) is 0.876. The number of aromatic carboxylic acids is 1. The first-order valence-corrected chi connectivity index (χ1v) is 9.16. The van der Waals surface area contributed by atoms with E-state index >= 15 is 0 Å². The summed E-state index contributed by atoms with van der Waals surface area (Å²) in [6, 6.07) is 4.15. The summed E-state index contributed by atoms with van der Waals surface area (Å²) in [5.41, 5.74) is -0.0406. The Balaban J connectivity index is 2.43. The summed E-state index contributed by atoms with van der Waals surface area (Å²) in [4.78, 5) is 11.2. The standard InChI is InChI=1S/C14H18BrNO4S/c1-2-10-5-3-4-8-16(10)21(19,20)11-6-7-13(15)12(9-11)14(17)18/h6-7,9-10H,2-5,8H2,1H3,(H,17,18). The number of benzene rings is 1. The minimum Gasteiger partial charge on any atom is -0.478 e.